The molecule has 1 aromatic heterocycles. The molecule has 0 aliphatic heterocycles. The molecule has 0 saturated heterocycles. The molecule has 0 atom stereocenters. The maximum absolute atomic E-state index is 11.1. The number of aromatic nitrogens is 3. The van der Waals surface area contributed by atoms with Crippen molar-refractivity contribution in [3.05, 3.63) is 31.5 Å². The van der Waals surface area contributed by atoms with Crippen molar-refractivity contribution in [2.75, 3.05) is 20.3 Å². The van der Waals surface area contributed by atoms with Crippen molar-refractivity contribution in [2.24, 2.45) is 0 Å². The Morgan fingerprint density at radius 1 is 1.13 bits per heavy atom. The van der Waals surface area contributed by atoms with E-state index in [0.717, 1.165) is 4.57 Å². The Morgan fingerprint density at radius 3 is 2.27 bits per heavy atom. The molecular weight excluding hydrogens is 206 g/mol. The Bertz CT molecular complexity index is 436. The van der Waals surface area contributed by atoms with Crippen LogP contribution in [-0.2, 0) is 16.2 Å². The summed E-state index contributed by atoms with van der Waals surface area (Å²) in [5.41, 5.74) is -2.44. The largest absolute Gasteiger partial charge is 0.382 e. The summed E-state index contributed by atoms with van der Waals surface area (Å²) in [6.07, 6.45) is 0. The molecule has 1 aromatic rings. The number of ether oxygens (including phenoxy) is 2. The third-order valence-corrected chi connectivity index (χ3v) is 1.58. The molecule has 0 fully saturated rings. The highest BCUT2D eigenvalue weighted by molar-refractivity contribution is 4.67. The van der Waals surface area contributed by atoms with E-state index in [4.69, 9.17) is 9.47 Å². The highest BCUT2D eigenvalue weighted by Gasteiger charge is 2.01. The van der Waals surface area contributed by atoms with E-state index in [-0.39, 0.29) is 13.3 Å². The van der Waals surface area contributed by atoms with E-state index in [1.807, 2.05) is 9.97 Å². The van der Waals surface area contributed by atoms with Crippen LogP contribution in [0.5, 0.6) is 0 Å². The lowest BCUT2D eigenvalue weighted by atomic mass is 10.8. The van der Waals surface area contributed by atoms with Gasteiger partial charge >= 0.3 is 17.1 Å². The fraction of sp³-hybridized carbons (Fsp3) is 0.571. The summed E-state index contributed by atoms with van der Waals surface area (Å²) >= 11 is 0. The topological polar surface area (TPSA) is 106 Å². The van der Waals surface area contributed by atoms with E-state index >= 15 is 0 Å². The van der Waals surface area contributed by atoms with Crippen LogP contribution in [0, 0.1) is 0 Å². The SMILES string of the molecule is COCCOCn1c(=O)[nH]c(=O)[nH]c1=O. The molecule has 0 amide bonds. The third kappa shape index (κ3) is 3.18. The Hall–Kier alpha value is -1.67. The van der Waals surface area contributed by atoms with Gasteiger partial charge in [-0.2, -0.15) is 0 Å². The number of hydrogen-bond acceptors (Lipinski definition) is 5. The first kappa shape index (κ1) is 11.4. The van der Waals surface area contributed by atoms with Gasteiger partial charge in [0.25, 0.3) is 0 Å². The first-order chi connectivity index (χ1) is 7.15. The van der Waals surface area contributed by atoms with Gasteiger partial charge in [-0.1, -0.05) is 0 Å². The number of nitrogens with zero attached hydrogens (tertiary/aromatic N) is 1. The van der Waals surface area contributed by atoms with Crippen molar-refractivity contribution in [1.29, 1.82) is 0 Å². The van der Waals surface area contributed by atoms with E-state index in [1.54, 1.807) is 0 Å². The first-order valence-corrected chi connectivity index (χ1v) is 4.15. The number of H-pyrrole nitrogens is 2. The summed E-state index contributed by atoms with van der Waals surface area (Å²) in [5, 5.41) is 0. The van der Waals surface area contributed by atoms with Gasteiger partial charge < -0.3 is 9.47 Å². The van der Waals surface area contributed by atoms with Crippen LogP contribution < -0.4 is 17.1 Å². The molecular formula is C7H11N3O5. The molecule has 8 nitrogen and oxygen atoms in total. The second-order valence-electron chi connectivity index (χ2n) is 2.65. The quantitative estimate of drug-likeness (QED) is 0.547. The third-order valence-electron chi connectivity index (χ3n) is 1.58. The van der Waals surface area contributed by atoms with E-state index in [1.165, 1.54) is 7.11 Å². The van der Waals surface area contributed by atoms with Gasteiger partial charge in [-0.15, -0.1) is 0 Å². The molecule has 0 saturated carbocycles. The van der Waals surface area contributed by atoms with Crippen LogP contribution in [0.3, 0.4) is 0 Å². The van der Waals surface area contributed by atoms with E-state index in [2.05, 4.69) is 0 Å². The van der Waals surface area contributed by atoms with Gasteiger partial charge in [-0.25, -0.2) is 19.0 Å². The average Bonchev–Trinajstić information content (AvgIpc) is 2.15. The lowest BCUT2D eigenvalue weighted by Crippen LogP contribution is -2.43. The molecule has 0 aliphatic carbocycles. The van der Waals surface area contributed by atoms with Crippen LogP contribution >= 0.6 is 0 Å². The van der Waals surface area contributed by atoms with Crippen LogP contribution in [0.4, 0.5) is 0 Å². The maximum atomic E-state index is 11.1. The fourth-order valence-corrected chi connectivity index (χ4v) is 0.868. The Labute approximate surface area is 83.5 Å². The Balaban J connectivity index is 2.74. The smallest absolute Gasteiger partial charge is 0.335 e. The van der Waals surface area contributed by atoms with Crippen LogP contribution in [-0.4, -0.2) is 34.9 Å². The Morgan fingerprint density at radius 2 is 1.73 bits per heavy atom. The van der Waals surface area contributed by atoms with Gasteiger partial charge in [0.1, 0.15) is 6.73 Å². The van der Waals surface area contributed by atoms with Gasteiger partial charge in [-0.05, 0) is 0 Å². The molecule has 0 aromatic carbocycles. The van der Waals surface area contributed by atoms with Crippen LogP contribution in [0.2, 0.25) is 0 Å². The van der Waals surface area contributed by atoms with E-state index in [0.29, 0.717) is 6.61 Å². The van der Waals surface area contributed by atoms with Gasteiger partial charge in [-0.3, -0.25) is 9.97 Å². The predicted molar refractivity (Wildman–Crippen MR) is 49.8 cm³/mol. The molecule has 0 aliphatic rings. The minimum Gasteiger partial charge on any atom is -0.382 e. The lowest BCUT2D eigenvalue weighted by molar-refractivity contribution is 0.0299. The molecule has 15 heavy (non-hydrogen) atoms. The second-order valence-corrected chi connectivity index (χ2v) is 2.65. The fourth-order valence-electron chi connectivity index (χ4n) is 0.868. The first-order valence-electron chi connectivity index (χ1n) is 4.15. The van der Waals surface area contributed by atoms with Crippen molar-refractivity contribution in [1.82, 2.24) is 14.5 Å². The average molecular weight is 217 g/mol. The van der Waals surface area contributed by atoms with E-state index < -0.39 is 17.1 Å². The van der Waals surface area contributed by atoms with Crippen molar-refractivity contribution in [2.45, 2.75) is 6.73 Å². The monoisotopic (exact) mass is 217 g/mol. The van der Waals surface area contributed by atoms with Crippen molar-refractivity contribution in [3.63, 3.8) is 0 Å². The number of aromatic amines is 2. The summed E-state index contributed by atoms with van der Waals surface area (Å²) in [6, 6.07) is 0. The zero-order chi connectivity index (χ0) is 11.3. The maximum Gasteiger partial charge on any atom is 0.335 e. The standard InChI is InChI=1S/C7H11N3O5/c1-14-2-3-15-4-10-6(12)8-5(11)9-7(10)13/h2-4H2,1H3,(H2,8,9,11,12,13). The molecule has 1 rings (SSSR count). The molecule has 84 valence electrons. The summed E-state index contributed by atoms with van der Waals surface area (Å²) in [7, 11) is 1.50. The predicted octanol–water partition coefficient (Wildman–Crippen LogP) is -2.15. The highest BCUT2D eigenvalue weighted by atomic mass is 16.5. The lowest BCUT2D eigenvalue weighted by Gasteiger charge is -2.04. The Kier molecular flexibility index (Phi) is 4.01. The number of nitrogens with one attached hydrogen (secondary N) is 2. The molecule has 0 radical (unpaired) electrons. The number of methoxy groups -OCH3 is 1. The normalized spacial score (nSPS) is 10.5. The minimum absolute atomic E-state index is 0.228. The van der Waals surface area contributed by atoms with Crippen molar-refractivity contribution < 1.29 is 9.47 Å². The number of rotatable bonds is 5. The minimum atomic E-state index is -0.835. The van der Waals surface area contributed by atoms with Crippen LogP contribution in [0.1, 0.15) is 0 Å². The summed E-state index contributed by atoms with van der Waals surface area (Å²) in [6.45, 7) is 0.381. The highest BCUT2D eigenvalue weighted by Crippen LogP contribution is 1.76. The molecule has 0 spiro atoms. The zero-order valence-electron chi connectivity index (χ0n) is 8.11. The second kappa shape index (κ2) is 5.27. The number of hydrogen-bond donors (Lipinski definition) is 2. The van der Waals surface area contributed by atoms with Crippen molar-refractivity contribution in [3.8, 4) is 0 Å². The van der Waals surface area contributed by atoms with Gasteiger partial charge in [0.05, 0.1) is 13.2 Å². The van der Waals surface area contributed by atoms with Gasteiger partial charge in [0.15, 0.2) is 0 Å². The van der Waals surface area contributed by atoms with Gasteiger partial charge in [0, 0.05) is 7.11 Å². The molecule has 2 N–H and O–H groups in total. The summed E-state index contributed by atoms with van der Waals surface area (Å²) < 4.78 is 10.4. The van der Waals surface area contributed by atoms with E-state index in [9.17, 15) is 14.4 Å². The summed E-state index contributed by atoms with van der Waals surface area (Å²) in [4.78, 5) is 36.7. The summed E-state index contributed by atoms with van der Waals surface area (Å²) in [5.74, 6) is 0. The molecule has 0 unspecified atom stereocenters. The zero-order valence-corrected chi connectivity index (χ0v) is 8.11. The van der Waals surface area contributed by atoms with Crippen LogP contribution in [0.15, 0.2) is 14.4 Å². The van der Waals surface area contributed by atoms with Crippen LogP contribution in [0.25, 0.3) is 0 Å². The molecule has 8 heteroatoms. The van der Waals surface area contributed by atoms with Gasteiger partial charge in [0.2, 0.25) is 0 Å². The molecule has 0 bridgehead atoms. The van der Waals surface area contributed by atoms with Crippen molar-refractivity contribution >= 4 is 0 Å². The molecule has 1 heterocycles.